The maximum Gasteiger partial charge on any atom is 0.216 e. The number of rotatable bonds is 7. The summed E-state index contributed by atoms with van der Waals surface area (Å²) in [6, 6.07) is 23.7. The Bertz CT molecular complexity index is 1150. The number of carbonyl (C=O) groups is 1. The molecule has 0 aliphatic carbocycles. The van der Waals surface area contributed by atoms with E-state index in [0.29, 0.717) is 13.0 Å². The number of carbonyl (C=O) groups excluding carboxylic acids is 1. The first-order valence-corrected chi connectivity index (χ1v) is 9.90. The van der Waals surface area contributed by atoms with E-state index in [0.717, 1.165) is 45.0 Å². The molecule has 0 saturated carbocycles. The van der Waals surface area contributed by atoms with E-state index < -0.39 is 0 Å². The van der Waals surface area contributed by atoms with Gasteiger partial charge >= 0.3 is 0 Å². The Balaban J connectivity index is 1.67. The average molecular weight is 400 g/mol. The highest BCUT2D eigenvalue weighted by Gasteiger charge is 2.14. The van der Waals surface area contributed by atoms with E-state index in [1.165, 1.54) is 6.92 Å². The molecule has 0 aliphatic heterocycles. The molecule has 0 atom stereocenters. The highest BCUT2D eigenvalue weighted by Crippen LogP contribution is 2.34. The molecule has 5 heteroatoms. The largest absolute Gasteiger partial charge is 0.497 e. The Morgan fingerprint density at radius 3 is 2.33 bits per heavy atom. The summed E-state index contributed by atoms with van der Waals surface area (Å²) < 4.78 is 11.3. The summed E-state index contributed by atoms with van der Waals surface area (Å²) >= 11 is 0. The van der Waals surface area contributed by atoms with Crippen molar-refractivity contribution in [1.82, 2.24) is 10.3 Å². The molecule has 4 aromatic rings. The first-order valence-electron chi connectivity index (χ1n) is 9.90. The molecule has 3 aromatic carbocycles. The molecule has 0 bridgehead atoms. The number of aromatic nitrogens is 1. The van der Waals surface area contributed by atoms with Crippen molar-refractivity contribution < 1.29 is 14.3 Å². The van der Waals surface area contributed by atoms with Gasteiger partial charge in [-0.05, 0) is 72.1 Å². The number of H-pyrrole nitrogens is 1. The zero-order valence-electron chi connectivity index (χ0n) is 17.1. The number of para-hydroxylation sites is 1. The fourth-order valence-corrected chi connectivity index (χ4v) is 3.54. The number of aromatic amines is 1. The normalized spacial score (nSPS) is 10.7. The van der Waals surface area contributed by atoms with Gasteiger partial charge in [0.1, 0.15) is 17.2 Å². The highest BCUT2D eigenvalue weighted by molar-refractivity contribution is 5.92. The molecule has 0 radical (unpaired) electrons. The first kappa shape index (κ1) is 19.6. The molecular formula is C25H24N2O3. The van der Waals surface area contributed by atoms with E-state index in [4.69, 9.17) is 9.47 Å². The van der Waals surface area contributed by atoms with Crippen LogP contribution in [0.5, 0.6) is 17.2 Å². The van der Waals surface area contributed by atoms with Gasteiger partial charge in [-0.15, -0.1) is 0 Å². The van der Waals surface area contributed by atoms with Gasteiger partial charge in [-0.2, -0.15) is 0 Å². The van der Waals surface area contributed by atoms with Gasteiger partial charge in [0.2, 0.25) is 5.91 Å². The Morgan fingerprint density at radius 2 is 1.63 bits per heavy atom. The van der Waals surface area contributed by atoms with Crippen LogP contribution in [0.15, 0.2) is 72.8 Å². The highest BCUT2D eigenvalue weighted by atomic mass is 16.5. The number of ether oxygens (including phenoxy) is 2. The van der Waals surface area contributed by atoms with Crippen molar-refractivity contribution in [3.63, 3.8) is 0 Å². The van der Waals surface area contributed by atoms with E-state index in [1.807, 2.05) is 72.8 Å². The molecule has 1 aromatic heterocycles. The summed E-state index contributed by atoms with van der Waals surface area (Å²) in [6.07, 6.45) is 0.713. The van der Waals surface area contributed by atoms with Crippen molar-refractivity contribution in [3.8, 4) is 28.5 Å². The van der Waals surface area contributed by atoms with E-state index >= 15 is 0 Å². The van der Waals surface area contributed by atoms with Crippen molar-refractivity contribution in [2.75, 3.05) is 13.7 Å². The molecule has 0 aliphatic rings. The molecule has 152 valence electrons. The fourth-order valence-electron chi connectivity index (χ4n) is 3.54. The molecular weight excluding hydrogens is 376 g/mol. The molecule has 0 fully saturated rings. The van der Waals surface area contributed by atoms with E-state index in [-0.39, 0.29) is 5.91 Å². The van der Waals surface area contributed by atoms with Gasteiger partial charge in [0.25, 0.3) is 0 Å². The molecule has 0 unspecified atom stereocenters. The zero-order valence-corrected chi connectivity index (χ0v) is 17.1. The van der Waals surface area contributed by atoms with E-state index in [9.17, 15) is 4.79 Å². The summed E-state index contributed by atoms with van der Waals surface area (Å²) in [5.41, 5.74) is 4.28. The van der Waals surface area contributed by atoms with Gasteiger partial charge in [-0.25, -0.2) is 0 Å². The SMILES string of the molecule is COc1ccc2[nH]c(-c3ccc(Oc4ccccc4)cc3)c(CCNC(C)=O)c2c1. The summed E-state index contributed by atoms with van der Waals surface area (Å²) in [5.74, 6) is 2.36. The van der Waals surface area contributed by atoms with Crippen LogP contribution < -0.4 is 14.8 Å². The summed E-state index contributed by atoms with van der Waals surface area (Å²) in [4.78, 5) is 14.9. The van der Waals surface area contributed by atoms with Crippen LogP contribution in [0.4, 0.5) is 0 Å². The predicted octanol–water partition coefficient (Wildman–Crippen LogP) is 5.31. The topological polar surface area (TPSA) is 63.4 Å². The molecule has 2 N–H and O–H groups in total. The molecule has 1 amide bonds. The number of methoxy groups -OCH3 is 1. The average Bonchev–Trinajstić information content (AvgIpc) is 3.12. The van der Waals surface area contributed by atoms with Crippen LogP contribution in [0, 0.1) is 0 Å². The van der Waals surface area contributed by atoms with Crippen LogP contribution in [0.25, 0.3) is 22.2 Å². The lowest BCUT2D eigenvalue weighted by molar-refractivity contribution is -0.118. The van der Waals surface area contributed by atoms with Gasteiger partial charge in [0, 0.05) is 30.1 Å². The number of hydrogen-bond donors (Lipinski definition) is 2. The maximum absolute atomic E-state index is 11.3. The Hall–Kier alpha value is -3.73. The monoisotopic (exact) mass is 400 g/mol. The Kier molecular flexibility index (Phi) is 5.70. The van der Waals surface area contributed by atoms with Crippen LogP contribution in [-0.4, -0.2) is 24.5 Å². The summed E-state index contributed by atoms with van der Waals surface area (Å²) in [6.45, 7) is 2.10. The van der Waals surface area contributed by atoms with E-state index in [2.05, 4.69) is 10.3 Å². The zero-order chi connectivity index (χ0) is 20.9. The quantitative estimate of drug-likeness (QED) is 0.442. The second-order valence-corrected chi connectivity index (χ2v) is 7.06. The second-order valence-electron chi connectivity index (χ2n) is 7.06. The number of nitrogens with one attached hydrogen (secondary N) is 2. The minimum atomic E-state index is -0.0311. The molecule has 5 nitrogen and oxygen atoms in total. The standard InChI is InChI=1S/C25H24N2O3/c1-17(28)26-15-14-22-23-16-21(29-2)12-13-24(23)27-25(22)18-8-10-20(11-9-18)30-19-6-4-3-5-7-19/h3-13,16,27H,14-15H2,1-2H3,(H,26,28). The van der Waals surface area contributed by atoms with Gasteiger partial charge < -0.3 is 19.8 Å². The predicted molar refractivity (Wildman–Crippen MR) is 119 cm³/mol. The Morgan fingerprint density at radius 1 is 0.933 bits per heavy atom. The lowest BCUT2D eigenvalue weighted by Crippen LogP contribution is -2.22. The lowest BCUT2D eigenvalue weighted by atomic mass is 10.0. The van der Waals surface area contributed by atoms with E-state index in [1.54, 1.807) is 7.11 Å². The third-order valence-electron chi connectivity index (χ3n) is 4.98. The number of fused-ring (bicyclic) bond motifs is 1. The third kappa shape index (κ3) is 4.30. The summed E-state index contributed by atoms with van der Waals surface area (Å²) in [5, 5.41) is 3.98. The fraction of sp³-hybridized carbons (Fsp3) is 0.160. The van der Waals surface area contributed by atoms with Crippen molar-refractivity contribution in [2.45, 2.75) is 13.3 Å². The van der Waals surface area contributed by atoms with Crippen molar-refractivity contribution in [3.05, 3.63) is 78.4 Å². The van der Waals surface area contributed by atoms with Gasteiger partial charge in [-0.3, -0.25) is 4.79 Å². The van der Waals surface area contributed by atoms with Crippen LogP contribution in [-0.2, 0) is 11.2 Å². The van der Waals surface area contributed by atoms with Gasteiger partial charge in [-0.1, -0.05) is 18.2 Å². The number of amides is 1. The van der Waals surface area contributed by atoms with Crippen molar-refractivity contribution in [1.29, 1.82) is 0 Å². The molecule has 1 heterocycles. The minimum Gasteiger partial charge on any atom is -0.497 e. The Labute approximate surface area is 175 Å². The smallest absolute Gasteiger partial charge is 0.216 e. The minimum absolute atomic E-state index is 0.0311. The van der Waals surface area contributed by atoms with Crippen molar-refractivity contribution >= 4 is 16.8 Å². The second kappa shape index (κ2) is 8.74. The maximum atomic E-state index is 11.3. The number of benzene rings is 3. The lowest BCUT2D eigenvalue weighted by Gasteiger charge is -2.09. The van der Waals surface area contributed by atoms with Crippen LogP contribution in [0.2, 0.25) is 0 Å². The first-order chi connectivity index (χ1) is 14.6. The van der Waals surface area contributed by atoms with Crippen molar-refractivity contribution in [2.24, 2.45) is 0 Å². The third-order valence-corrected chi connectivity index (χ3v) is 4.98. The van der Waals surface area contributed by atoms with Crippen LogP contribution in [0.3, 0.4) is 0 Å². The summed E-state index contributed by atoms with van der Waals surface area (Å²) in [7, 11) is 1.66. The molecule has 0 saturated heterocycles. The molecule has 0 spiro atoms. The van der Waals surface area contributed by atoms with Gasteiger partial charge in [0.15, 0.2) is 0 Å². The van der Waals surface area contributed by atoms with Crippen LogP contribution in [0.1, 0.15) is 12.5 Å². The van der Waals surface area contributed by atoms with Gasteiger partial charge in [0.05, 0.1) is 7.11 Å². The molecule has 30 heavy (non-hydrogen) atoms. The number of hydrogen-bond acceptors (Lipinski definition) is 3. The van der Waals surface area contributed by atoms with Crippen LogP contribution >= 0.6 is 0 Å². The molecule has 4 rings (SSSR count).